The molecule has 1 saturated heterocycles. The van der Waals surface area contributed by atoms with Crippen LogP contribution in [0.25, 0.3) is 0 Å². The molecule has 0 bridgehead atoms. The van der Waals surface area contributed by atoms with Crippen LogP contribution in [0.5, 0.6) is 0 Å². The van der Waals surface area contributed by atoms with Crippen LogP contribution in [-0.2, 0) is 11.3 Å². The van der Waals surface area contributed by atoms with E-state index in [1.165, 1.54) is 0 Å². The second-order valence-electron chi connectivity index (χ2n) is 6.61. The topological polar surface area (TPSA) is 87.6 Å². The van der Waals surface area contributed by atoms with E-state index >= 15 is 0 Å². The number of β-amino-alcohol motifs (C(OH)–C–C–N with tert-alkyl or cyclic N) is 1. The van der Waals surface area contributed by atoms with Gasteiger partial charge in [0.15, 0.2) is 0 Å². The van der Waals surface area contributed by atoms with Crippen molar-refractivity contribution in [2.75, 3.05) is 31.6 Å². The standard InChI is InChI=1S/C19H24N4O3/c1-26-12-15-4-6-16(7-5-15)17(24)22-13-19(25)8-2-11-23(14-19)18-20-9-3-10-21-18/h3-7,9-10,25H,2,8,11-14H2,1H3,(H,22,24). The lowest BCUT2D eigenvalue weighted by Gasteiger charge is -2.39. The molecule has 26 heavy (non-hydrogen) atoms. The van der Waals surface area contributed by atoms with E-state index in [0.717, 1.165) is 18.5 Å². The molecule has 1 atom stereocenters. The van der Waals surface area contributed by atoms with E-state index in [4.69, 9.17) is 4.74 Å². The molecule has 1 aromatic carbocycles. The van der Waals surface area contributed by atoms with Gasteiger partial charge < -0.3 is 20.1 Å². The second-order valence-corrected chi connectivity index (χ2v) is 6.61. The van der Waals surface area contributed by atoms with Gasteiger partial charge in [-0.3, -0.25) is 4.79 Å². The number of nitrogens with one attached hydrogen (secondary N) is 1. The number of rotatable bonds is 6. The number of nitrogens with zero attached hydrogens (tertiary/aromatic N) is 3. The van der Waals surface area contributed by atoms with Gasteiger partial charge in [0.25, 0.3) is 5.91 Å². The minimum absolute atomic E-state index is 0.189. The zero-order valence-electron chi connectivity index (χ0n) is 14.9. The summed E-state index contributed by atoms with van der Waals surface area (Å²) in [7, 11) is 1.63. The van der Waals surface area contributed by atoms with Crippen molar-refractivity contribution in [1.82, 2.24) is 15.3 Å². The second kappa shape index (κ2) is 8.25. The van der Waals surface area contributed by atoms with Gasteiger partial charge in [-0.2, -0.15) is 0 Å². The fraction of sp³-hybridized carbons (Fsp3) is 0.421. The number of anilines is 1. The van der Waals surface area contributed by atoms with Crippen molar-refractivity contribution in [3.63, 3.8) is 0 Å². The van der Waals surface area contributed by atoms with Crippen LogP contribution >= 0.6 is 0 Å². The van der Waals surface area contributed by atoms with E-state index < -0.39 is 5.60 Å². The predicted molar refractivity (Wildman–Crippen MR) is 97.9 cm³/mol. The number of aromatic nitrogens is 2. The fourth-order valence-corrected chi connectivity index (χ4v) is 3.15. The quantitative estimate of drug-likeness (QED) is 0.813. The van der Waals surface area contributed by atoms with Crippen LogP contribution in [0.3, 0.4) is 0 Å². The Bertz CT molecular complexity index is 723. The molecule has 0 aliphatic carbocycles. The average molecular weight is 356 g/mol. The molecule has 3 rings (SSSR count). The Morgan fingerprint density at radius 2 is 2.04 bits per heavy atom. The maximum Gasteiger partial charge on any atom is 0.251 e. The summed E-state index contributed by atoms with van der Waals surface area (Å²) in [6, 6.07) is 9.01. The third-order valence-electron chi connectivity index (χ3n) is 4.50. The minimum atomic E-state index is -0.997. The molecule has 2 N–H and O–H groups in total. The van der Waals surface area contributed by atoms with Crippen molar-refractivity contribution in [2.24, 2.45) is 0 Å². The Morgan fingerprint density at radius 3 is 2.73 bits per heavy atom. The maximum atomic E-state index is 12.4. The van der Waals surface area contributed by atoms with Gasteiger partial charge in [-0.15, -0.1) is 0 Å². The summed E-state index contributed by atoms with van der Waals surface area (Å²) >= 11 is 0. The smallest absolute Gasteiger partial charge is 0.251 e. The third kappa shape index (κ3) is 4.56. The van der Waals surface area contributed by atoms with Crippen LogP contribution < -0.4 is 10.2 Å². The summed E-state index contributed by atoms with van der Waals surface area (Å²) < 4.78 is 5.07. The normalized spacial score (nSPS) is 20.0. The van der Waals surface area contributed by atoms with Gasteiger partial charge in [-0.25, -0.2) is 9.97 Å². The van der Waals surface area contributed by atoms with Crippen LogP contribution in [0, 0.1) is 0 Å². The highest BCUT2D eigenvalue weighted by molar-refractivity contribution is 5.94. The summed E-state index contributed by atoms with van der Waals surface area (Å²) in [6.07, 6.45) is 4.82. The van der Waals surface area contributed by atoms with E-state index in [1.807, 2.05) is 17.0 Å². The number of hydrogen-bond donors (Lipinski definition) is 2. The molecule has 138 valence electrons. The summed E-state index contributed by atoms with van der Waals surface area (Å²) in [5.74, 6) is 0.404. The molecular formula is C19H24N4O3. The number of methoxy groups -OCH3 is 1. The van der Waals surface area contributed by atoms with Crippen molar-refractivity contribution in [1.29, 1.82) is 0 Å². The Morgan fingerprint density at radius 1 is 1.31 bits per heavy atom. The van der Waals surface area contributed by atoms with Gasteiger partial charge in [0.05, 0.1) is 18.8 Å². The fourth-order valence-electron chi connectivity index (χ4n) is 3.15. The maximum absolute atomic E-state index is 12.4. The lowest BCUT2D eigenvalue weighted by atomic mass is 9.93. The van der Waals surface area contributed by atoms with Crippen LogP contribution in [-0.4, -0.2) is 53.3 Å². The Labute approximate surface area is 153 Å². The van der Waals surface area contributed by atoms with E-state index in [0.29, 0.717) is 31.1 Å². The zero-order valence-corrected chi connectivity index (χ0v) is 14.9. The highest BCUT2D eigenvalue weighted by Crippen LogP contribution is 2.23. The molecule has 7 heteroatoms. The van der Waals surface area contributed by atoms with Crippen molar-refractivity contribution in [2.45, 2.75) is 25.0 Å². The summed E-state index contributed by atoms with van der Waals surface area (Å²) in [5.41, 5.74) is 0.573. The molecule has 7 nitrogen and oxygen atoms in total. The average Bonchev–Trinajstić information content (AvgIpc) is 2.68. The first-order valence-corrected chi connectivity index (χ1v) is 8.70. The molecular weight excluding hydrogens is 332 g/mol. The van der Waals surface area contributed by atoms with Gasteiger partial charge in [-0.1, -0.05) is 12.1 Å². The van der Waals surface area contributed by atoms with Gasteiger partial charge in [-0.05, 0) is 36.6 Å². The largest absolute Gasteiger partial charge is 0.386 e. The van der Waals surface area contributed by atoms with E-state index in [9.17, 15) is 9.90 Å². The van der Waals surface area contributed by atoms with E-state index in [2.05, 4.69) is 15.3 Å². The number of benzene rings is 1. The van der Waals surface area contributed by atoms with Crippen molar-refractivity contribution >= 4 is 11.9 Å². The predicted octanol–water partition coefficient (Wildman–Crippen LogP) is 1.38. The van der Waals surface area contributed by atoms with Crippen molar-refractivity contribution in [3.05, 3.63) is 53.9 Å². The molecule has 1 fully saturated rings. The van der Waals surface area contributed by atoms with E-state index in [1.54, 1.807) is 37.7 Å². The SMILES string of the molecule is COCc1ccc(C(=O)NCC2(O)CCCN(c3ncccn3)C2)cc1. The molecule has 0 radical (unpaired) electrons. The molecule has 1 aliphatic rings. The Balaban J connectivity index is 1.58. The number of amides is 1. The highest BCUT2D eigenvalue weighted by Gasteiger charge is 2.34. The zero-order chi connectivity index (χ0) is 18.4. The van der Waals surface area contributed by atoms with Gasteiger partial charge >= 0.3 is 0 Å². The number of carbonyl (C=O) groups excluding carboxylic acids is 1. The molecule has 1 aliphatic heterocycles. The summed E-state index contributed by atoms with van der Waals surface area (Å²) in [5, 5.41) is 13.7. The molecule has 2 heterocycles. The molecule has 1 aromatic heterocycles. The first-order chi connectivity index (χ1) is 12.6. The molecule has 0 saturated carbocycles. The van der Waals surface area contributed by atoms with Crippen LogP contribution in [0.2, 0.25) is 0 Å². The van der Waals surface area contributed by atoms with Gasteiger partial charge in [0, 0.05) is 38.2 Å². The monoisotopic (exact) mass is 356 g/mol. The van der Waals surface area contributed by atoms with Gasteiger partial charge in [0.1, 0.15) is 0 Å². The summed E-state index contributed by atoms with van der Waals surface area (Å²) in [6.45, 7) is 1.89. The van der Waals surface area contributed by atoms with E-state index in [-0.39, 0.29) is 12.5 Å². The number of hydrogen-bond acceptors (Lipinski definition) is 6. The number of ether oxygens (including phenoxy) is 1. The number of carbonyl (C=O) groups is 1. The van der Waals surface area contributed by atoms with Crippen molar-refractivity contribution < 1.29 is 14.6 Å². The number of aliphatic hydroxyl groups is 1. The molecule has 1 amide bonds. The van der Waals surface area contributed by atoms with Gasteiger partial charge in [0.2, 0.25) is 5.95 Å². The molecule has 2 aromatic rings. The van der Waals surface area contributed by atoms with Crippen LogP contribution in [0.1, 0.15) is 28.8 Å². The first kappa shape index (κ1) is 18.3. The minimum Gasteiger partial charge on any atom is -0.386 e. The van der Waals surface area contributed by atoms with Crippen LogP contribution in [0.15, 0.2) is 42.7 Å². The number of piperidine rings is 1. The molecule has 0 spiro atoms. The third-order valence-corrected chi connectivity index (χ3v) is 4.50. The molecule has 1 unspecified atom stereocenters. The first-order valence-electron chi connectivity index (χ1n) is 8.70. The lowest BCUT2D eigenvalue weighted by Crippen LogP contribution is -2.54. The highest BCUT2D eigenvalue weighted by atomic mass is 16.5. The Kier molecular flexibility index (Phi) is 5.80. The summed E-state index contributed by atoms with van der Waals surface area (Å²) in [4.78, 5) is 22.8. The van der Waals surface area contributed by atoms with Crippen LogP contribution in [0.4, 0.5) is 5.95 Å². The van der Waals surface area contributed by atoms with Crippen molar-refractivity contribution in [3.8, 4) is 0 Å². The Hall–Kier alpha value is -2.51. The lowest BCUT2D eigenvalue weighted by molar-refractivity contribution is 0.0252.